The van der Waals surface area contributed by atoms with Crippen molar-refractivity contribution in [1.82, 2.24) is 9.97 Å². The van der Waals surface area contributed by atoms with Gasteiger partial charge in [0.05, 0.1) is 6.33 Å². The van der Waals surface area contributed by atoms with Crippen molar-refractivity contribution in [3.63, 3.8) is 0 Å². The van der Waals surface area contributed by atoms with E-state index in [0.29, 0.717) is 18.5 Å². The lowest BCUT2D eigenvalue weighted by Gasteiger charge is -1.99. The van der Waals surface area contributed by atoms with E-state index in [-0.39, 0.29) is 5.56 Å². The van der Waals surface area contributed by atoms with Gasteiger partial charge >= 0.3 is 0 Å². The van der Waals surface area contributed by atoms with Crippen LogP contribution >= 0.6 is 0 Å². The molecule has 0 fully saturated rings. The number of rotatable bonds is 2. The molecule has 60 valence electrons. The number of H-pyrrole nitrogens is 1. The number of aromatic amines is 1. The van der Waals surface area contributed by atoms with Crippen molar-refractivity contribution >= 4 is 0 Å². The molecule has 0 amide bonds. The topological polar surface area (TPSA) is 71.8 Å². The second-order valence-corrected chi connectivity index (χ2v) is 2.33. The molecule has 0 aliphatic rings. The molecule has 11 heavy (non-hydrogen) atoms. The summed E-state index contributed by atoms with van der Waals surface area (Å²) in [4.78, 5) is 17.5. The molecule has 0 aromatic carbocycles. The molecule has 0 saturated carbocycles. The molecular weight excluding hydrogens is 142 g/mol. The van der Waals surface area contributed by atoms with E-state index < -0.39 is 0 Å². The number of aryl methyl sites for hydroxylation is 1. The van der Waals surface area contributed by atoms with Gasteiger partial charge in [-0.3, -0.25) is 4.79 Å². The van der Waals surface area contributed by atoms with Crippen LogP contribution in [0.25, 0.3) is 0 Å². The Morgan fingerprint density at radius 2 is 2.45 bits per heavy atom. The summed E-state index contributed by atoms with van der Waals surface area (Å²) in [7, 11) is 0. The largest absolute Gasteiger partial charge is 0.330 e. The van der Waals surface area contributed by atoms with Crippen LogP contribution < -0.4 is 11.3 Å². The van der Waals surface area contributed by atoms with Crippen LogP contribution in [-0.2, 0) is 6.42 Å². The van der Waals surface area contributed by atoms with Gasteiger partial charge in [-0.25, -0.2) is 4.98 Å². The van der Waals surface area contributed by atoms with Gasteiger partial charge in [0, 0.05) is 11.3 Å². The van der Waals surface area contributed by atoms with E-state index in [2.05, 4.69) is 9.97 Å². The van der Waals surface area contributed by atoms with Gasteiger partial charge in [-0.1, -0.05) is 0 Å². The second kappa shape index (κ2) is 3.30. The summed E-state index contributed by atoms with van der Waals surface area (Å²) in [5, 5.41) is 0. The Kier molecular flexibility index (Phi) is 2.38. The van der Waals surface area contributed by atoms with E-state index in [0.717, 1.165) is 5.69 Å². The molecule has 4 heteroatoms. The van der Waals surface area contributed by atoms with Crippen LogP contribution in [-0.4, -0.2) is 16.5 Å². The van der Waals surface area contributed by atoms with E-state index in [9.17, 15) is 4.79 Å². The van der Waals surface area contributed by atoms with Crippen LogP contribution in [0.4, 0.5) is 0 Å². The third kappa shape index (κ3) is 1.65. The Morgan fingerprint density at radius 3 is 3.00 bits per heavy atom. The number of nitrogens with zero attached hydrogens (tertiary/aromatic N) is 1. The highest BCUT2D eigenvalue weighted by atomic mass is 16.1. The van der Waals surface area contributed by atoms with Gasteiger partial charge in [0.25, 0.3) is 5.56 Å². The average Bonchev–Trinajstić information content (AvgIpc) is 1.97. The minimum Gasteiger partial charge on any atom is -0.330 e. The number of nitrogens with two attached hydrogens (primary N) is 1. The molecule has 1 aromatic rings. The Bertz CT molecular complexity index is 292. The first kappa shape index (κ1) is 7.94. The van der Waals surface area contributed by atoms with Crippen LogP contribution in [0.3, 0.4) is 0 Å². The molecule has 0 atom stereocenters. The standard InChI is InChI=1S/C7H11N3O/c1-5-6(2-3-8)7(11)10-4-9-5/h4H,2-3,8H2,1H3,(H,9,10,11). The molecule has 0 aliphatic carbocycles. The summed E-state index contributed by atoms with van der Waals surface area (Å²) >= 11 is 0. The van der Waals surface area contributed by atoms with Gasteiger partial charge < -0.3 is 10.7 Å². The normalized spacial score (nSPS) is 10.0. The van der Waals surface area contributed by atoms with Crippen molar-refractivity contribution in [3.05, 3.63) is 27.9 Å². The van der Waals surface area contributed by atoms with Crippen LogP contribution in [0.2, 0.25) is 0 Å². The van der Waals surface area contributed by atoms with Crippen molar-refractivity contribution in [2.24, 2.45) is 5.73 Å². The fraction of sp³-hybridized carbons (Fsp3) is 0.429. The Balaban J connectivity index is 3.10. The highest BCUT2D eigenvalue weighted by Gasteiger charge is 2.01. The van der Waals surface area contributed by atoms with E-state index >= 15 is 0 Å². The molecule has 0 aliphatic heterocycles. The van der Waals surface area contributed by atoms with Crippen LogP contribution in [0, 0.1) is 6.92 Å². The molecule has 1 aromatic heterocycles. The first-order chi connectivity index (χ1) is 5.25. The summed E-state index contributed by atoms with van der Waals surface area (Å²) in [6, 6.07) is 0. The van der Waals surface area contributed by atoms with Crippen molar-refractivity contribution in [3.8, 4) is 0 Å². The summed E-state index contributed by atoms with van der Waals surface area (Å²) < 4.78 is 0. The van der Waals surface area contributed by atoms with Gasteiger partial charge in [0.15, 0.2) is 0 Å². The molecule has 1 rings (SSSR count). The number of hydrogen-bond acceptors (Lipinski definition) is 3. The summed E-state index contributed by atoms with van der Waals surface area (Å²) in [5.74, 6) is 0. The third-order valence-electron chi connectivity index (χ3n) is 1.56. The monoisotopic (exact) mass is 153 g/mol. The molecule has 0 bridgehead atoms. The predicted octanol–water partition coefficient (Wildman–Crippen LogP) is -0.420. The Labute approximate surface area is 64.5 Å². The van der Waals surface area contributed by atoms with Gasteiger partial charge in [-0.2, -0.15) is 0 Å². The molecule has 0 saturated heterocycles. The maximum absolute atomic E-state index is 11.1. The summed E-state index contributed by atoms with van der Waals surface area (Å²) in [6.07, 6.45) is 1.99. The maximum atomic E-state index is 11.1. The number of aromatic nitrogens is 2. The maximum Gasteiger partial charge on any atom is 0.254 e. The molecule has 4 nitrogen and oxygen atoms in total. The number of nitrogens with one attached hydrogen (secondary N) is 1. The first-order valence-electron chi connectivity index (χ1n) is 3.49. The van der Waals surface area contributed by atoms with Crippen LogP contribution in [0.15, 0.2) is 11.1 Å². The summed E-state index contributed by atoms with van der Waals surface area (Å²) in [6.45, 7) is 2.29. The highest BCUT2D eigenvalue weighted by Crippen LogP contribution is 1.95. The lowest BCUT2D eigenvalue weighted by molar-refractivity contribution is 0.897. The fourth-order valence-corrected chi connectivity index (χ4v) is 0.956. The SMILES string of the molecule is Cc1nc[nH]c(=O)c1CCN. The quantitative estimate of drug-likeness (QED) is 0.606. The minimum atomic E-state index is -0.0806. The number of hydrogen-bond donors (Lipinski definition) is 2. The van der Waals surface area contributed by atoms with Crippen LogP contribution in [0.1, 0.15) is 11.3 Å². The fourth-order valence-electron chi connectivity index (χ4n) is 0.956. The van der Waals surface area contributed by atoms with Crippen LogP contribution in [0.5, 0.6) is 0 Å². The highest BCUT2D eigenvalue weighted by molar-refractivity contribution is 5.14. The zero-order valence-electron chi connectivity index (χ0n) is 6.42. The van der Waals surface area contributed by atoms with Gasteiger partial charge in [-0.15, -0.1) is 0 Å². The lowest BCUT2D eigenvalue weighted by atomic mass is 10.2. The lowest BCUT2D eigenvalue weighted by Crippen LogP contribution is -2.18. The molecule has 1 heterocycles. The van der Waals surface area contributed by atoms with Crippen molar-refractivity contribution < 1.29 is 0 Å². The molecular formula is C7H11N3O. The zero-order chi connectivity index (χ0) is 8.27. The molecule has 0 unspecified atom stereocenters. The van der Waals surface area contributed by atoms with Gasteiger partial charge in [0.2, 0.25) is 0 Å². The third-order valence-corrected chi connectivity index (χ3v) is 1.56. The van der Waals surface area contributed by atoms with E-state index in [4.69, 9.17) is 5.73 Å². The van der Waals surface area contributed by atoms with Crippen molar-refractivity contribution in [2.75, 3.05) is 6.54 Å². The van der Waals surface area contributed by atoms with Crippen molar-refractivity contribution in [1.29, 1.82) is 0 Å². The first-order valence-corrected chi connectivity index (χ1v) is 3.49. The van der Waals surface area contributed by atoms with E-state index in [1.165, 1.54) is 6.33 Å². The van der Waals surface area contributed by atoms with Gasteiger partial charge in [-0.05, 0) is 19.9 Å². The Hall–Kier alpha value is -1.16. The van der Waals surface area contributed by atoms with Gasteiger partial charge in [0.1, 0.15) is 0 Å². The second-order valence-electron chi connectivity index (χ2n) is 2.33. The van der Waals surface area contributed by atoms with E-state index in [1.807, 2.05) is 0 Å². The minimum absolute atomic E-state index is 0.0806. The van der Waals surface area contributed by atoms with E-state index in [1.54, 1.807) is 6.92 Å². The summed E-state index contributed by atoms with van der Waals surface area (Å²) in [5.41, 5.74) is 6.69. The van der Waals surface area contributed by atoms with Crippen molar-refractivity contribution in [2.45, 2.75) is 13.3 Å². The Morgan fingerprint density at radius 1 is 1.73 bits per heavy atom. The zero-order valence-corrected chi connectivity index (χ0v) is 6.42. The molecule has 0 spiro atoms. The average molecular weight is 153 g/mol. The molecule has 3 N–H and O–H groups in total. The molecule has 0 radical (unpaired) electrons. The smallest absolute Gasteiger partial charge is 0.254 e. The predicted molar refractivity (Wildman–Crippen MR) is 42.4 cm³/mol.